The van der Waals surface area contributed by atoms with E-state index in [2.05, 4.69) is 25.6 Å². The second-order valence-electron chi connectivity index (χ2n) is 11.4. The van der Waals surface area contributed by atoms with Gasteiger partial charge in [0.2, 0.25) is 0 Å². The van der Waals surface area contributed by atoms with Crippen molar-refractivity contribution in [3.8, 4) is 0 Å². The normalized spacial score (nSPS) is 14.7. The first-order valence-electron chi connectivity index (χ1n) is 15.1. The van der Waals surface area contributed by atoms with Crippen LogP contribution >= 0.6 is 23.1 Å². The second-order valence-corrected chi connectivity index (χ2v) is 13.7. The van der Waals surface area contributed by atoms with Crippen molar-refractivity contribution < 1.29 is 19.1 Å². The zero-order valence-corrected chi connectivity index (χ0v) is 27.2. The summed E-state index contributed by atoms with van der Waals surface area (Å²) in [6.45, 7) is 3.01. The molecule has 47 heavy (non-hydrogen) atoms. The molecule has 5 aromatic rings. The molecule has 240 valence electrons. The number of piperidine rings is 1. The maximum absolute atomic E-state index is 15.7. The van der Waals surface area contributed by atoms with E-state index in [-0.39, 0.29) is 23.0 Å². The van der Waals surface area contributed by atoms with Gasteiger partial charge in [-0.15, -0.1) is 0 Å². The van der Waals surface area contributed by atoms with Crippen LogP contribution in [-0.2, 0) is 10.2 Å². The Labute approximate surface area is 280 Å². The van der Waals surface area contributed by atoms with Crippen LogP contribution in [-0.4, -0.2) is 56.4 Å². The van der Waals surface area contributed by atoms with Gasteiger partial charge in [-0.3, -0.25) is 9.59 Å². The first kappa shape index (κ1) is 32.3. The molecule has 0 bridgehead atoms. The van der Waals surface area contributed by atoms with Gasteiger partial charge >= 0.3 is 0 Å². The van der Waals surface area contributed by atoms with E-state index in [4.69, 9.17) is 0 Å². The molecule has 2 amide bonds. The fourth-order valence-corrected chi connectivity index (χ4v) is 7.52. The number of halogens is 1. The summed E-state index contributed by atoms with van der Waals surface area (Å²) in [7, 11) is 0. The van der Waals surface area contributed by atoms with Gasteiger partial charge in [-0.25, -0.2) is 19.3 Å². The molecule has 1 saturated heterocycles. The molecule has 0 spiro atoms. The summed E-state index contributed by atoms with van der Waals surface area (Å²) in [5.74, 6) is -1.00. The molecule has 2 aromatic carbocycles. The number of amides is 2. The maximum atomic E-state index is 15.7. The number of aryl methyl sites for hydroxylation is 1. The van der Waals surface area contributed by atoms with Crippen molar-refractivity contribution in [1.29, 1.82) is 0 Å². The minimum atomic E-state index is -1.24. The minimum absolute atomic E-state index is 0.231. The molecule has 3 N–H and O–H groups in total. The van der Waals surface area contributed by atoms with E-state index in [1.807, 2.05) is 55.5 Å². The topological polar surface area (TPSA) is 120 Å². The molecule has 3 aromatic heterocycles. The van der Waals surface area contributed by atoms with Gasteiger partial charge in [0.25, 0.3) is 11.8 Å². The van der Waals surface area contributed by atoms with Gasteiger partial charge in [0.15, 0.2) is 22.7 Å². The molecule has 4 heterocycles. The maximum Gasteiger partial charge on any atom is 0.273 e. The minimum Gasteiger partial charge on any atom is -0.378 e. The summed E-state index contributed by atoms with van der Waals surface area (Å²) in [6.07, 6.45) is 4.65. The van der Waals surface area contributed by atoms with Gasteiger partial charge in [-0.05, 0) is 54.7 Å². The van der Waals surface area contributed by atoms with Crippen LogP contribution in [0.4, 0.5) is 15.3 Å². The van der Waals surface area contributed by atoms with Crippen LogP contribution < -0.4 is 10.6 Å². The van der Waals surface area contributed by atoms with Gasteiger partial charge in [0, 0.05) is 37.4 Å². The monoisotopic (exact) mass is 668 g/mol. The Hall–Kier alpha value is -4.65. The van der Waals surface area contributed by atoms with Crippen LogP contribution in [0.3, 0.4) is 0 Å². The summed E-state index contributed by atoms with van der Waals surface area (Å²) in [5, 5.41) is 17.4. The molecule has 6 rings (SSSR count). The van der Waals surface area contributed by atoms with Gasteiger partial charge in [-0.1, -0.05) is 83.8 Å². The SMILES string of the molecule is Cc1ccnc(Nc2ncc(Sc3ccnc(C(=O)NCC4(c5ccccc5)CCN(C(=O)C(O)c5ccccc5)CC4)c3F)s2)c1. The van der Waals surface area contributed by atoms with E-state index in [1.54, 1.807) is 41.6 Å². The summed E-state index contributed by atoms with van der Waals surface area (Å²) >= 11 is 2.52. The summed E-state index contributed by atoms with van der Waals surface area (Å²) < 4.78 is 16.4. The molecule has 1 atom stereocenters. The number of pyridine rings is 2. The number of aliphatic hydroxyl groups is 1. The highest BCUT2D eigenvalue weighted by molar-refractivity contribution is 8.01. The molecule has 9 nitrogen and oxygen atoms in total. The second kappa shape index (κ2) is 14.4. The highest BCUT2D eigenvalue weighted by atomic mass is 32.2. The molecule has 0 saturated carbocycles. The van der Waals surface area contributed by atoms with Crippen molar-refractivity contribution in [3.05, 3.63) is 126 Å². The Morgan fingerprint density at radius 1 is 1.00 bits per heavy atom. The number of aromatic nitrogens is 3. The van der Waals surface area contributed by atoms with Gasteiger partial charge in [0.1, 0.15) is 5.82 Å². The van der Waals surface area contributed by atoms with E-state index in [9.17, 15) is 14.7 Å². The highest BCUT2D eigenvalue weighted by Crippen LogP contribution is 2.38. The van der Waals surface area contributed by atoms with Crippen molar-refractivity contribution in [1.82, 2.24) is 25.2 Å². The Morgan fingerprint density at radius 3 is 2.43 bits per heavy atom. The summed E-state index contributed by atoms with van der Waals surface area (Å²) in [5.41, 5.74) is 1.85. The molecule has 1 unspecified atom stereocenters. The van der Waals surface area contributed by atoms with Crippen molar-refractivity contribution in [2.75, 3.05) is 25.0 Å². The number of benzene rings is 2. The van der Waals surface area contributed by atoms with E-state index >= 15 is 4.39 Å². The highest BCUT2D eigenvalue weighted by Gasteiger charge is 2.39. The predicted octanol–water partition coefficient (Wildman–Crippen LogP) is 6.30. The lowest BCUT2D eigenvalue weighted by Crippen LogP contribution is -2.51. The van der Waals surface area contributed by atoms with Crippen LogP contribution in [0.25, 0.3) is 0 Å². The molecule has 1 aliphatic heterocycles. The van der Waals surface area contributed by atoms with Crippen molar-refractivity contribution in [2.45, 2.75) is 40.4 Å². The number of likely N-dealkylation sites (tertiary alicyclic amines) is 1. The lowest BCUT2D eigenvalue weighted by molar-refractivity contribution is -0.142. The third kappa shape index (κ3) is 7.51. The molecule has 1 aliphatic rings. The number of carbonyl (C=O) groups excluding carboxylic acids is 2. The number of aliphatic hydroxyl groups excluding tert-OH is 1. The number of hydrogen-bond acceptors (Lipinski definition) is 9. The Balaban J connectivity index is 1.12. The average Bonchev–Trinajstić information content (AvgIpc) is 3.54. The van der Waals surface area contributed by atoms with Crippen LogP contribution in [0.2, 0.25) is 0 Å². The summed E-state index contributed by atoms with van der Waals surface area (Å²) in [4.78, 5) is 41.2. The number of hydrogen-bond donors (Lipinski definition) is 3. The zero-order valence-electron chi connectivity index (χ0n) is 25.6. The quantitative estimate of drug-likeness (QED) is 0.159. The van der Waals surface area contributed by atoms with Crippen molar-refractivity contribution >= 4 is 45.9 Å². The first-order valence-corrected chi connectivity index (χ1v) is 16.8. The lowest BCUT2D eigenvalue weighted by atomic mass is 9.72. The lowest BCUT2D eigenvalue weighted by Gasteiger charge is -2.43. The van der Waals surface area contributed by atoms with Crippen LogP contribution in [0.15, 0.2) is 107 Å². The van der Waals surface area contributed by atoms with E-state index < -0.39 is 23.2 Å². The largest absolute Gasteiger partial charge is 0.378 e. The number of thiazole rings is 1. The third-order valence-electron chi connectivity index (χ3n) is 8.27. The molecule has 12 heteroatoms. The predicted molar refractivity (Wildman–Crippen MR) is 180 cm³/mol. The number of nitrogens with zero attached hydrogens (tertiary/aromatic N) is 4. The van der Waals surface area contributed by atoms with E-state index in [0.29, 0.717) is 42.4 Å². The number of carbonyl (C=O) groups is 2. The molecule has 0 radical (unpaired) electrons. The number of rotatable bonds is 10. The standard InChI is InChI=1S/C35H33FN6O3S2/c1-23-12-16-37-27(20-23)41-34-39-21-28(47-34)46-26-13-17-38-30(29(26)36)32(44)40-22-35(25-10-6-3-7-11-25)14-18-42(19-15-35)33(45)31(43)24-8-4-2-5-9-24/h2-13,16-17,20-21,31,43H,14-15,18-19,22H2,1H3,(H,40,44)(H,37,39,41). The Bertz CT molecular complexity index is 1850. The first-order chi connectivity index (χ1) is 22.8. The fraction of sp³-hybridized carbons (Fsp3) is 0.229. The Kier molecular flexibility index (Phi) is 9.90. The molecular formula is C35H33FN6O3S2. The molecular weight excluding hydrogens is 636 g/mol. The van der Waals surface area contributed by atoms with Gasteiger partial charge < -0.3 is 20.6 Å². The molecule has 0 aliphatic carbocycles. The molecule has 1 fully saturated rings. The summed E-state index contributed by atoms with van der Waals surface area (Å²) in [6, 6.07) is 24.0. The van der Waals surface area contributed by atoms with Crippen molar-refractivity contribution in [3.63, 3.8) is 0 Å². The number of anilines is 2. The van der Waals surface area contributed by atoms with Crippen LogP contribution in [0, 0.1) is 12.7 Å². The van der Waals surface area contributed by atoms with E-state index in [1.165, 1.54) is 35.4 Å². The van der Waals surface area contributed by atoms with Crippen molar-refractivity contribution in [2.24, 2.45) is 0 Å². The fourth-order valence-electron chi connectivity index (χ4n) is 5.65. The average molecular weight is 669 g/mol. The van der Waals surface area contributed by atoms with Gasteiger partial charge in [0.05, 0.1) is 15.3 Å². The van der Waals surface area contributed by atoms with Gasteiger partial charge in [-0.2, -0.15) is 0 Å². The van der Waals surface area contributed by atoms with E-state index in [0.717, 1.165) is 15.3 Å². The van der Waals surface area contributed by atoms with Crippen LogP contribution in [0.5, 0.6) is 0 Å². The number of nitrogens with one attached hydrogen (secondary N) is 2. The van der Waals surface area contributed by atoms with Crippen LogP contribution in [0.1, 0.15) is 46.1 Å². The zero-order chi connectivity index (χ0) is 32.8. The Morgan fingerprint density at radius 2 is 1.70 bits per heavy atom. The smallest absolute Gasteiger partial charge is 0.273 e. The third-order valence-corrected chi connectivity index (χ3v) is 10.3.